The van der Waals surface area contributed by atoms with Gasteiger partial charge in [0, 0.05) is 12.6 Å². The smallest absolute Gasteiger partial charge is 0.254 e. The Labute approximate surface area is 129 Å². The number of aromatic nitrogens is 1. The van der Waals surface area contributed by atoms with E-state index in [1.54, 1.807) is 17.7 Å². The Morgan fingerprint density at radius 2 is 1.76 bits per heavy atom. The highest BCUT2D eigenvalue weighted by Crippen LogP contribution is 2.21. The van der Waals surface area contributed by atoms with Crippen LogP contribution in [0, 0.1) is 0 Å². The van der Waals surface area contributed by atoms with Gasteiger partial charge in [-0.05, 0) is 34.7 Å². The van der Waals surface area contributed by atoms with Crippen LogP contribution in [0.5, 0.6) is 0 Å². The van der Waals surface area contributed by atoms with Crippen molar-refractivity contribution >= 4 is 16.8 Å². The van der Waals surface area contributed by atoms with Crippen molar-refractivity contribution in [1.82, 2.24) is 4.57 Å². The molecule has 0 bridgehead atoms. The number of hydrogen-bond donors (Lipinski definition) is 0. The molecular weight excluding hydrogens is 286 g/mol. The summed E-state index contributed by atoms with van der Waals surface area (Å²) in [5, 5.41) is -0.527. The van der Waals surface area contributed by atoms with Gasteiger partial charge in [0.05, 0.1) is 12.1 Å². The second-order valence-corrected chi connectivity index (χ2v) is 5.84. The molecule has 0 saturated heterocycles. The molecule has 21 heavy (non-hydrogen) atoms. The lowest BCUT2D eigenvalue weighted by molar-refractivity contribution is -0.111. The predicted octanol–water partition coefficient (Wildman–Crippen LogP) is 3.48. The standard InChI is InChI=1S/C17H18ClNO2/c1-11(2)12-4-6-13(7-5-12)15-9-8-14(10-16(18)20)17(21)19(15)3/h4-9,11H,10H2,1-3H3. The van der Waals surface area contributed by atoms with E-state index in [-0.39, 0.29) is 12.0 Å². The fraction of sp³-hybridized carbons (Fsp3) is 0.294. The first kappa shape index (κ1) is 15.5. The van der Waals surface area contributed by atoms with Crippen molar-refractivity contribution in [1.29, 1.82) is 0 Å². The summed E-state index contributed by atoms with van der Waals surface area (Å²) in [5.74, 6) is 0.472. The zero-order chi connectivity index (χ0) is 15.6. The van der Waals surface area contributed by atoms with Gasteiger partial charge < -0.3 is 4.57 Å². The van der Waals surface area contributed by atoms with E-state index in [2.05, 4.69) is 26.0 Å². The van der Waals surface area contributed by atoms with Crippen LogP contribution in [0.25, 0.3) is 11.3 Å². The van der Waals surface area contributed by atoms with Gasteiger partial charge in [0.2, 0.25) is 5.24 Å². The maximum absolute atomic E-state index is 12.2. The third-order valence-electron chi connectivity index (χ3n) is 3.59. The van der Waals surface area contributed by atoms with Crippen LogP contribution < -0.4 is 5.56 Å². The molecule has 2 rings (SSSR count). The minimum Gasteiger partial charge on any atom is -0.311 e. The van der Waals surface area contributed by atoms with E-state index < -0.39 is 5.24 Å². The normalized spacial score (nSPS) is 10.9. The Balaban J connectivity index is 2.43. The summed E-state index contributed by atoms with van der Waals surface area (Å²) in [7, 11) is 1.70. The third kappa shape index (κ3) is 3.42. The quantitative estimate of drug-likeness (QED) is 0.811. The van der Waals surface area contributed by atoms with Crippen LogP contribution in [0.3, 0.4) is 0 Å². The maximum atomic E-state index is 12.2. The highest BCUT2D eigenvalue weighted by Gasteiger charge is 2.10. The van der Waals surface area contributed by atoms with E-state index in [0.29, 0.717) is 11.5 Å². The second-order valence-electron chi connectivity index (χ2n) is 5.42. The third-order valence-corrected chi connectivity index (χ3v) is 3.72. The molecule has 2 aromatic rings. The molecule has 0 saturated carbocycles. The fourth-order valence-electron chi connectivity index (χ4n) is 2.30. The van der Waals surface area contributed by atoms with E-state index in [9.17, 15) is 9.59 Å². The van der Waals surface area contributed by atoms with Crippen LogP contribution >= 0.6 is 11.6 Å². The monoisotopic (exact) mass is 303 g/mol. The number of hydrogen-bond acceptors (Lipinski definition) is 2. The van der Waals surface area contributed by atoms with Gasteiger partial charge in [0.15, 0.2) is 0 Å². The van der Waals surface area contributed by atoms with E-state index in [0.717, 1.165) is 11.3 Å². The lowest BCUT2D eigenvalue weighted by Gasteiger charge is -2.11. The molecular formula is C17H18ClNO2. The predicted molar refractivity (Wildman–Crippen MR) is 85.8 cm³/mol. The largest absolute Gasteiger partial charge is 0.311 e. The Bertz CT molecular complexity index is 715. The van der Waals surface area contributed by atoms with Gasteiger partial charge in [0.1, 0.15) is 0 Å². The summed E-state index contributed by atoms with van der Waals surface area (Å²) in [4.78, 5) is 23.2. The van der Waals surface area contributed by atoms with Gasteiger partial charge in [-0.15, -0.1) is 0 Å². The van der Waals surface area contributed by atoms with Gasteiger partial charge in [-0.2, -0.15) is 0 Å². The molecule has 110 valence electrons. The molecule has 0 radical (unpaired) electrons. The molecule has 4 heteroatoms. The molecule has 0 spiro atoms. The lowest BCUT2D eigenvalue weighted by Crippen LogP contribution is -2.23. The Hall–Kier alpha value is -1.87. The summed E-state index contributed by atoms with van der Waals surface area (Å²) in [6, 6.07) is 11.7. The zero-order valence-corrected chi connectivity index (χ0v) is 13.1. The van der Waals surface area contributed by atoms with Crippen LogP contribution in [0.1, 0.15) is 30.9 Å². The van der Waals surface area contributed by atoms with Crippen LogP contribution in [-0.4, -0.2) is 9.81 Å². The number of rotatable bonds is 4. The molecule has 1 aromatic carbocycles. The average molecular weight is 304 g/mol. The molecule has 0 aliphatic heterocycles. The topological polar surface area (TPSA) is 39.1 Å². The van der Waals surface area contributed by atoms with E-state index >= 15 is 0 Å². The van der Waals surface area contributed by atoms with Gasteiger partial charge in [-0.1, -0.05) is 44.2 Å². The van der Waals surface area contributed by atoms with Gasteiger partial charge in [-0.3, -0.25) is 9.59 Å². The van der Waals surface area contributed by atoms with Crippen LogP contribution in [0.2, 0.25) is 0 Å². The molecule has 0 unspecified atom stereocenters. The lowest BCUT2D eigenvalue weighted by atomic mass is 10.0. The molecule has 0 atom stereocenters. The van der Waals surface area contributed by atoms with Gasteiger partial charge in [0.25, 0.3) is 5.56 Å². The first-order chi connectivity index (χ1) is 9.90. The molecule has 0 amide bonds. The van der Waals surface area contributed by atoms with Crippen molar-refractivity contribution in [3.05, 3.63) is 57.9 Å². The minimum absolute atomic E-state index is 0.0409. The Morgan fingerprint density at radius 1 is 1.14 bits per heavy atom. The molecule has 0 fully saturated rings. The second kappa shape index (κ2) is 6.27. The first-order valence-electron chi connectivity index (χ1n) is 6.87. The molecule has 1 heterocycles. The average Bonchev–Trinajstić information content (AvgIpc) is 2.44. The van der Waals surface area contributed by atoms with Crippen molar-refractivity contribution in [3.8, 4) is 11.3 Å². The number of carbonyl (C=O) groups excluding carboxylic acids is 1. The number of benzene rings is 1. The zero-order valence-electron chi connectivity index (χ0n) is 12.4. The van der Waals surface area contributed by atoms with Crippen molar-refractivity contribution < 1.29 is 4.79 Å². The molecule has 0 aliphatic rings. The van der Waals surface area contributed by atoms with Crippen LogP contribution in [-0.2, 0) is 18.3 Å². The van der Waals surface area contributed by atoms with Gasteiger partial charge in [-0.25, -0.2) is 0 Å². The van der Waals surface area contributed by atoms with Gasteiger partial charge >= 0.3 is 0 Å². The molecule has 0 N–H and O–H groups in total. The van der Waals surface area contributed by atoms with Crippen molar-refractivity contribution in [2.24, 2.45) is 7.05 Å². The number of pyridine rings is 1. The Kier molecular flexibility index (Phi) is 4.63. The van der Waals surface area contributed by atoms with Crippen molar-refractivity contribution in [2.45, 2.75) is 26.2 Å². The SMILES string of the molecule is CC(C)c1ccc(-c2ccc(CC(=O)Cl)c(=O)n2C)cc1. The summed E-state index contributed by atoms with van der Waals surface area (Å²) in [6.07, 6.45) is -0.0409. The number of carbonyl (C=O) groups is 1. The molecule has 1 aromatic heterocycles. The van der Waals surface area contributed by atoms with E-state index in [1.807, 2.05) is 18.2 Å². The maximum Gasteiger partial charge on any atom is 0.254 e. The summed E-state index contributed by atoms with van der Waals surface area (Å²) in [5.41, 5.74) is 3.28. The van der Waals surface area contributed by atoms with E-state index in [4.69, 9.17) is 11.6 Å². The summed E-state index contributed by atoms with van der Waals surface area (Å²) < 4.78 is 1.56. The summed E-state index contributed by atoms with van der Waals surface area (Å²) in [6.45, 7) is 4.28. The first-order valence-corrected chi connectivity index (χ1v) is 7.25. The van der Waals surface area contributed by atoms with Crippen molar-refractivity contribution in [3.63, 3.8) is 0 Å². The van der Waals surface area contributed by atoms with Crippen LogP contribution in [0.15, 0.2) is 41.2 Å². The van der Waals surface area contributed by atoms with E-state index in [1.165, 1.54) is 5.56 Å². The highest BCUT2D eigenvalue weighted by atomic mass is 35.5. The summed E-state index contributed by atoms with van der Waals surface area (Å²) >= 11 is 5.35. The van der Waals surface area contributed by atoms with Crippen molar-refractivity contribution in [2.75, 3.05) is 0 Å². The molecule has 0 aliphatic carbocycles. The highest BCUT2D eigenvalue weighted by molar-refractivity contribution is 6.63. The molecule has 3 nitrogen and oxygen atoms in total. The number of halogens is 1. The fourth-order valence-corrected chi connectivity index (χ4v) is 2.44. The number of nitrogens with zero attached hydrogens (tertiary/aromatic N) is 1. The minimum atomic E-state index is -0.527. The Morgan fingerprint density at radius 3 is 2.29 bits per heavy atom. The van der Waals surface area contributed by atoms with Crippen LogP contribution in [0.4, 0.5) is 0 Å².